The van der Waals surface area contributed by atoms with Crippen molar-refractivity contribution in [2.24, 2.45) is 0 Å². The first kappa shape index (κ1) is 23.8. The van der Waals surface area contributed by atoms with Crippen LogP contribution in [0.4, 0.5) is 11.4 Å². The zero-order valence-corrected chi connectivity index (χ0v) is 19.6. The van der Waals surface area contributed by atoms with Crippen molar-refractivity contribution in [2.45, 2.75) is 4.90 Å². The van der Waals surface area contributed by atoms with E-state index in [0.29, 0.717) is 27.9 Å². The summed E-state index contributed by atoms with van der Waals surface area (Å²) in [5, 5.41) is 16.3. The number of aromatic carboxylic acids is 1. The monoisotopic (exact) mass is 486 g/mol. The minimum atomic E-state index is -1.09. The van der Waals surface area contributed by atoms with Gasteiger partial charge in [0.15, 0.2) is 0 Å². The maximum absolute atomic E-state index is 13.0. The highest BCUT2D eigenvalue weighted by Crippen LogP contribution is 2.26. The molecule has 176 valence electrons. The molecule has 4 rings (SSSR count). The molecule has 4 aromatic rings. The molecule has 3 N–H and O–H groups in total. The number of methoxy groups -OCH3 is 1. The fourth-order valence-corrected chi connectivity index (χ4v) is 4.29. The first-order valence-electron chi connectivity index (χ1n) is 10.7. The Morgan fingerprint density at radius 2 is 1.51 bits per heavy atom. The van der Waals surface area contributed by atoms with Gasteiger partial charge in [-0.15, -0.1) is 11.8 Å². The summed E-state index contributed by atoms with van der Waals surface area (Å²) in [5.41, 5.74) is 1.58. The lowest BCUT2D eigenvalue weighted by atomic mass is 9.98. The number of carboxylic acid groups (broad SMARTS) is 1. The molecular weight excluding hydrogens is 464 g/mol. The number of hydrogen-bond donors (Lipinski definition) is 3. The van der Waals surface area contributed by atoms with E-state index in [1.165, 1.54) is 17.8 Å². The van der Waals surface area contributed by atoms with E-state index in [0.717, 1.165) is 4.90 Å². The van der Waals surface area contributed by atoms with Crippen LogP contribution >= 0.6 is 11.8 Å². The van der Waals surface area contributed by atoms with Gasteiger partial charge in [0, 0.05) is 33.3 Å². The van der Waals surface area contributed by atoms with Crippen LogP contribution in [0.2, 0.25) is 0 Å². The number of rotatable bonds is 8. The molecule has 0 unspecified atom stereocenters. The molecule has 0 bridgehead atoms. The second-order valence-corrected chi connectivity index (χ2v) is 8.61. The molecule has 0 atom stereocenters. The molecule has 0 saturated heterocycles. The molecule has 0 fully saturated rings. The molecular formula is C27H22N2O5S. The van der Waals surface area contributed by atoms with Crippen molar-refractivity contribution in [1.82, 2.24) is 0 Å². The summed E-state index contributed by atoms with van der Waals surface area (Å²) in [7, 11) is 1.57. The predicted octanol–water partition coefficient (Wildman–Crippen LogP) is 5.53. The van der Waals surface area contributed by atoms with Gasteiger partial charge in [-0.3, -0.25) is 9.59 Å². The first-order valence-corrected chi connectivity index (χ1v) is 11.7. The van der Waals surface area contributed by atoms with Gasteiger partial charge in [0.2, 0.25) is 5.91 Å². The summed E-state index contributed by atoms with van der Waals surface area (Å²) >= 11 is 1.37. The van der Waals surface area contributed by atoms with Crippen LogP contribution in [0, 0.1) is 0 Å². The van der Waals surface area contributed by atoms with Crippen LogP contribution in [0.15, 0.2) is 89.8 Å². The zero-order valence-electron chi connectivity index (χ0n) is 18.8. The van der Waals surface area contributed by atoms with Crippen molar-refractivity contribution in [3.8, 4) is 5.75 Å². The average molecular weight is 487 g/mol. The van der Waals surface area contributed by atoms with Gasteiger partial charge >= 0.3 is 5.97 Å². The molecule has 0 heterocycles. The van der Waals surface area contributed by atoms with Crippen LogP contribution in [0.1, 0.15) is 20.7 Å². The van der Waals surface area contributed by atoms with Crippen LogP contribution in [0.3, 0.4) is 0 Å². The lowest BCUT2D eigenvalue weighted by Crippen LogP contribution is -2.14. The van der Waals surface area contributed by atoms with E-state index in [-0.39, 0.29) is 22.8 Å². The van der Waals surface area contributed by atoms with E-state index in [1.54, 1.807) is 73.8 Å². The molecule has 0 saturated carbocycles. The SMILES string of the molecule is COc1cccc(NC(=O)CSc2ccc(NC(=O)c3cccc4cccc(C(=O)O)c34)cc2)c1. The van der Waals surface area contributed by atoms with E-state index in [9.17, 15) is 19.5 Å². The standard InChI is InChI=1S/C27H22N2O5S/c1-34-20-8-4-7-19(15-20)28-24(30)16-35-21-13-11-18(12-14-21)29-26(31)22-9-2-5-17-6-3-10-23(25(17)22)27(32)33/h2-15H,16H2,1H3,(H,28,30)(H,29,31)(H,32,33). The molecule has 0 aliphatic rings. The number of amides is 2. The molecule has 0 aromatic heterocycles. The number of ether oxygens (including phenoxy) is 1. The van der Waals surface area contributed by atoms with Crippen LogP contribution in [-0.2, 0) is 4.79 Å². The molecule has 7 nitrogen and oxygen atoms in total. The van der Waals surface area contributed by atoms with Crippen molar-refractivity contribution in [3.63, 3.8) is 0 Å². The van der Waals surface area contributed by atoms with E-state index in [4.69, 9.17) is 4.74 Å². The van der Waals surface area contributed by atoms with Gasteiger partial charge in [-0.2, -0.15) is 0 Å². The lowest BCUT2D eigenvalue weighted by molar-refractivity contribution is -0.113. The first-order chi connectivity index (χ1) is 16.9. The second kappa shape index (κ2) is 10.8. The molecule has 35 heavy (non-hydrogen) atoms. The molecule has 0 radical (unpaired) electrons. The number of carbonyl (C=O) groups excluding carboxylic acids is 2. The maximum atomic E-state index is 13.0. The van der Waals surface area contributed by atoms with Gasteiger partial charge in [-0.25, -0.2) is 4.79 Å². The average Bonchev–Trinajstić information content (AvgIpc) is 2.87. The molecule has 4 aromatic carbocycles. The molecule has 0 aliphatic carbocycles. The van der Waals surface area contributed by atoms with Gasteiger partial charge < -0.3 is 20.5 Å². The number of benzene rings is 4. The lowest BCUT2D eigenvalue weighted by Gasteiger charge is -2.11. The summed E-state index contributed by atoms with van der Waals surface area (Å²) in [6.07, 6.45) is 0. The van der Waals surface area contributed by atoms with Gasteiger partial charge in [-0.1, -0.05) is 30.3 Å². The van der Waals surface area contributed by atoms with Crippen LogP contribution in [0.5, 0.6) is 5.75 Å². The molecule has 2 amide bonds. The minimum absolute atomic E-state index is 0.0761. The number of carboxylic acids is 1. The highest BCUT2D eigenvalue weighted by molar-refractivity contribution is 8.00. The third kappa shape index (κ3) is 5.80. The van der Waals surface area contributed by atoms with E-state index >= 15 is 0 Å². The normalized spacial score (nSPS) is 10.5. The van der Waals surface area contributed by atoms with Crippen molar-refractivity contribution >= 4 is 51.7 Å². The largest absolute Gasteiger partial charge is 0.497 e. The highest BCUT2D eigenvalue weighted by atomic mass is 32.2. The van der Waals surface area contributed by atoms with E-state index in [2.05, 4.69) is 10.6 Å². The summed E-state index contributed by atoms with van der Waals surface area (Å²) in [4.78, 5) is 37.7. The Kier molecular flexibility index (Phi) is 7.32. The number of thioether (sulfide) groups is 1. The summed E-state index contributed by atoms with van der Waals surface area (Å²) in [5.74, 6) is -0.756. The van der Waals surface area contributed by atoms with Gasteiger partial charge in [0.05, 0.1) is 18.4 Å². The number of fused-ring (bicyclic) bond motifs is 1. The number of nitrogens with one attached hydrogen (secondary N) is 2. The Labute approximate surface area is 206 Å². The molecule has 0 aliphatic heterocycles. The Bertz CT molecular complexity index is 1400. The Morgan fingerprint density at radius 1 is 0.829 bits per heavy atom. The highest BCUT2D eigenvalue weighted by Gasteiger charge is 2.16. The summed E-state index contributed by atoms with van der Waals surface area (Å²) < 4.78 is 5.16. The third-order valence-electron chi connectivity index (χ3n) is 5.22. The van der Waals surface area contributed by atoms with Crippen LogP contribution < -0.4 is 15.4 Å². The van der Waals surface area contributed by atoms with Crippen LogP contribution in [-0.4, -0.2) is 35.8 Å². The quantitative estimate of drug-likeness (QED) is 0.283. The van der Waals surface area contributed by atoms with Gasteiger partial charge in [0.1, 0.15) is 5.75 Å². The topological polar surface area (TPSA) is 105 Å². The van der Waals surface area contributed by atoms with Crippen molar-refractivity contribution in [3.05, 3.63) is 96.1 Å². The smallest absolute Gasteiger partial charge is 0.336 e. The zero-order chi connectivity index (χ0) is 24.8. The fourth-order valence-electron chi connectivity index (χ4n) is 3.59. The Morgan fingerprint density at radius 3 is 2.20 bits per heavy atom. The maximum Gasteiger partial charge on any atom is 0.336 e. The minimum Gasteiger partial charge on any atom is -0.497 e. The fraction of sp³-hybridized carbons (Fsp3) is 0.0741. The Hall–Kier alpha value is -4.30. The third-order valence-corrected chi connectivity index (χ3v) is 6.23. The van der Waals surface area contributed by atoms with Crippen molar-refractivity contribution in [2.75, 3.05) is 23.5 Å². The van der Waals surface area contributed by atoms with Gasteiger partial charge in [-0.05, 0) is 53.9 Å². The van der Waals surface area contributed by atoms with Crippen molar-refractivity contribution in [1.29, 1.82) is 0 Å². The Balaban J connectivity index is 1.39. The predicted molar refractivity (Wildman–Crippen MR) is 138 cm³/mol. The number of carbonyl (C=O) groups is 3. The summed E-state index contributed by atoms with van der Waals surface area (Å²) in [6.45, 7) is 0. The van der Waals surface area contributed by atoms with Gasteiger partial charge in [0.25, 0.3) is 5.91 Å². The van der Waals surface area contributed by atoms with E-state index in [1.807, 2.05) is 12.1 Å². The number of hydrogen-bond acceptors (Lipinski definition) is 5. The van der Waals surface area contributed by atoms with Crippen molar-refractivity contribution < 1.29 is 24.2 Å². The summed E-state index contributed by atoms with van der Waals surface area (Å²) in [6, 6.07) is 24.2. The second-order valence-electron chi connectivity index (χ2n) is 7.56. The van der Waals surface area contributed by atoms with Crippen LogP contribution in [0.25, 0.3) is 10.8 Å². The molecule has 0 spiro atoms. The number of anilines is 2. The van der Waals surface area contributed by atoms with E-state index < -0.39 is 11.9 Å². The molecule has 8 heteroatoms.